The Morgan fingerprint density at radius 3 is 2.47 bits per heavy atom. The van der Waals surface area contributed by atoms with E-state index in [1.165, 1.54) is 4.90 Å². The van der Waals surface area contributed by atoms with Crippen molar-refractivity contribution < 1.29 is 14.3 Å². The molecule has 0 bridgehead atoms. The number of carbonyl (C=O) groups excluding carboxylic acids is 2. The Labute approximate surface area is 103 Å². The minimum atomic E-state index is -0.485. The number of hydrogen-bond acceptors (Lipinski definition) is 3. The van der Waals surface area contributed by atoms with Crippen LogP contribution in [0.5, 0.6) is 0 Å². The van der Waals surface area contributed by atoms with Crippen LogP contribution >= 0.6 is 0 Å². The molecule has 0 radical (unpaired) electrons. The molecule has 0 aromatic rings. The topological polar surface area (TPSA) is 46.6 Å². The number of nitrogens with zero attached hydrogens (tertiary/aromatic N) is 1. The van der Waals surface area contributed by atoms with Crippen LogP contribution in [0.15, 0.2) is 0 Å². The third kappa shape index (κ3) is 3.45. The summed E-state index contributed by atoms with van der Waals surface area (Å²) in [6.45, 7) is 9.30. The molecule has 98 valence electrons. The second-order valence-corrected chi connectivity index (χ2v) is 5.16. The molecule has 1 rings (SSSR count). The van der Waals surface area contributed by atoms with Crippen molar-refractivity contribution in [1.29, 1.82) is 0 Å². The highest BCUT2D eigenvalue weighted by Gasteiger charge is 2.31. The van der Waals surface area contributed by atoms with Crippen molar-refractivity contribution in [2.24, 2.45) is 17.8 Å². The lowest BCUT2D eigenvalue weighted by Crippen LogP contribution is -2.35. The first-order chi connectivity index (χ1) is 7.97. The van der Waals surface area contributed by atoms with Crippen molar-refractivity contribution in [3.63, 3.8) is 0 Å². The van der Waals surface area contributed by atoms with E-state index in [2.05, 4.69) is 27.7 Å². The molecule has 0 spiro atoms. The first-order valence-corrected chi connectivity index (χ1v) is 6.44. The first-order valence-electron chi connectivity index (χ1n) is 6.44. The van der Waals surface area contributed by atoms with Crippen LogP contribution in [-0.4, -0.2) is 30.1 Å². The van der Waals surface area contributed by atoms with E-state index >= 15 is 0 Å². The lowest BCUT2D eigenvalue weighted by molar-refractivity contribution is -0.129. The molecule has 1 saturated heterocycles. The number of ether oxygens (including phenoxy) is 1. The molecule has 17 heavy (non-hydrogen) atoms. The van der Waals surface area contributed by atoms with Gasteiger partial charge in [-0.15, -0.1) is 0 Å². The highest BCUT2D eigenvalue weighted by molar-refractivity contribution is 5.93. The normalized spacial score (nSPS) is 19.4. The zero-order valence-corrected chi connectivity index (χ0v) is 11.2. The minimum absolute atomic E-state index is 0.0912. The summed E-state index contributed by atoms with van der Waals surface area (Å²) in [5.74, 6) is 1.19. The molecule has 1 aliphatic rings. The van der Waals surface area contributed by atoms with Crippen LogP contribution in [0.4, 0.5) is 4.79 Å². The zero-order valence-electron chi connectivity index (χ0n) is 11.2. The maximum Gasteiger partial charge on any atom is 0.416 e. The molecule has 2 atom stereocenters. The summed E-state index contributed by atoms with van der Waals surface area (Å²) >= 11 is 0. The Balaban J connectivity index is 2.60. The van der Waals surface area contributed by atoms with Gasteiger partial charge in [0.15, 0.2) is 0 Å². The Bertz CT molecular complexity index is 288. The van der Waals surface area contributed by atoms with Gasteiger partial charge in [0.25, 0.3) is 0 Å². The van der Waals surface area contributed by atoms with Crippen LogP contribution in [0, 0.1) is 17.8 Å². The Morgan fingerprint density at radius 1 is 1.41 bits per heavy atom. The number of hydrogen-bond donors (Lipinski definition) is 0. The number of carbonyl (C=O) groups is 2. The van der Waals surface area contributed by atoms with Crippen LogP contribution in [-0.2, 0) is 9.53 Å². The average Bonchev–Trinajstić information content (AvgIpc) is 2.70. The molecule has 1 fully saturated rings. The monoisotopic (exact) mass is 241 g/mol. The van der Waals surface area contributed by atoms with Gasteiger partial charge in [-0.1, -0.05) is 34.1 Å². The van der Waals surface area contributed by atoms with Gasteiger partial charge in [-0.3, -0.25) is 4.79 Å². The number of rotatable bonds is 5. The molecular formula is C13H23NO3. The highest BCUT2D eigenvalue weighted by Crippen LogP contribution is 2.27. The smallest absolute Gasteiger partial charge is 0.416 e. The van der Waals surface area contributed by atoms with Gasteiger partial charge < -0.3 is 4.74 Å². The molecule has 0 saturated carbocycles. The molecule has 0 aliphatic carbocycles. The van der Waals surface area contributed by atoms with Crippen LogP contribution in [0.25, 0.3) is 0 Å². The van der Waals surface area contributed by atoms with Crippen molar-refractivity contribution in [2.45, 2.75) is 40.5 Å². The van der Waals surface area contributed by atoms with Crippen LogP contribution in [0.2, 0.25) is 0 Å². The van der Waals surface area contributed by atoms with E-state index in [0.717, 1.165) is 6.42 Å². The van der Waals surface area contributed by atoms with Crippen LogP contribution in [0.3, 0.4) is 0 Å². The third-order valence-corrected chi connectivity index (χ3v) is 3.70. The molecule has 0 N–H and O–H groups in total. The fourth-order valence-corrected chi connectivity index (χ4v) is 2.33. The van der Waals surface area contributed by atoms with Gasteiger partial charge in [0.2, 0.25) is 5.91 Å². The van der Waals surface area contributed by atoms with Gasteiger partial charge in [-0.2, -0.15) is 0 Å². The number of amides is 2. The second-order valence-electron chi connectivity index (χ2n) is 5.16. The molecule has 4 heteroatoms. The maximum absolute atomic E-state index is 12.0. The average molecular weight is 241 g/mol. The van der Waals surface area contributed by atoms with Gasteiger partial charge in [-0.05, 0) is 17.8 Å². The summed E-state index contributed by atoms with van der Waals surface area (Å²) in [5.41, 5.74) is 0. The Kier molecular flexibility index (Phi) is 4.97. The Hall–Kier alpha value is -1.06. The van der Waals surface area contributed by atoms with Gasteiger partial charge >= 0.3 is 6.09 Å². The summed E-state index contributed by atoms with van der Waals surface area (Å²) in [7, 11) is 0. The summed E-state index contributed by atoms with van der Waals surface area (Å²) in [6, 6.07) is 0. The lowest BCUT2D eigenvalue weighted by Gasteiger charge is -2.27. The molecule has 1 heterocycles. The largest absolute Gasteiger partial charge is 0.447 e. The highest BCUT2D eigenvalue weighted by atomic mass is 16.6. The van der Waals surface area contributed by atoms with Crippen LogP contribution in [0.1, 0.15) is 40.5 Å². The predicted octanol–water partition coefficient (Wildman–Crippen LogP) is 2.67. The number of cyclic esters (lactones) is 1. The van der Waals surface area contributed by atoms with Crippen LogP contribution < -0.4 is 0 Å². The molecule has 1 aliphatic heterocycles. The first kappa shape index (κ1) is 14.0. The van der Waals surface area contributed by atoms with Crippen molar-refractivity contribution in [1.82, 2.24) is 4.90 Å². The van der Waals surface area contributed by atoms with E-state index < -0.39 is 6.09 Å². The number of imide groups is 1. The van der Waals surface area contributed by atoms with Gasteiger partial charge in [0.1, 0.15) is 6.61 Å². The van der Waals surface area contributed by atoms with Crippen molar-refractivity contribution >= 4 is 12.0 Å². The zero-order chi connectivity index (χ0) is 13.0. The molecule has 0 aromatic carbocycles. The van der Waals surface area contributed by atoms with Gasteiger partial charge in [0, 0.05) is 6.42 Å². The van der Waals surface area contributed by atoms with E-state index in [1.54, 1.807) is 0 Å². The van der Waals surface area contributed by atoms with Crippen molar-refractivity contribution in [3.8, 4) is 0 Å². The third-order valence-electron chi connectivity index (χ3n) is 3.70. The molecule has 0 unspecified atom stereocenters. The van der Waals surface area contributed by atoms with E-state index in [-0.39, 0.29) is 5.91 Å². The molecular weight excluding hydrogens is 218 g/mol. The van der Waals surface area contributed by atoms with Gasteiger partial charge in [0.05, 0.1) is 6.54 Å². The second kappa shape index (κ2) is 6.03. The summed E-state index contributed by atoms with van der Waals surface area (Å²) in [4.78, 5) is 24.5. The lowest BCUT2D eigenvalue weighted by atomic mass is 9.80. The van der Waals surface area contributed by atoms with Gasteiger partial charge in [-0.25, -0.2) is 9.69 Å². The summed E-state index contributed by atoms with van der Waals surface area (Å²) < 4.78 is 4.78. The van der Waals surface area contributed by atoms with E-state index in [9.17, 15) is 9.59 Å². The SMILES string of the molecule is CC[C@H](C)[C@@H](CC(=O)N1CCOC1=O)C(C)C. The van der Waals surface area contributed by atoms with Crippen molar-refractivity contribution in [3.05, 3.63) is 0 Å². The molecule has 0 aromatic heterocycles. The fourth-order valence-electron chi connectivity index (χ4n) is 2.33. The standard InChI is InChI=1S/C13H23NO3/c1-5-10(4)11(9(2)3)8-12(15)14-6-7-17-13(14)16/h9-11H,5-8H2,1-4H3/t10-,11-/m0/s1. The quantitative estimate of drug-likeness (QED) is 0.743. The molecule has 2 amide bonds. The molecule has 4 nitrogen and oxygen atoms in total. The minimum Gasteiger partial charge on any atom is -0.447 e. The Morgan fingerprint density at radius 2 is 2.06 bits per heavy atom. The summed E-state index contributed by atoms with van der Waals surface area (Å²) in [5, 5.41) is 0. The van der Waals surface area contributed by atoms with E-state index in [0.29, 0.717) is 37.3 Å². The summed E-state index contributed by atoms with van der Waals surface area (Å²) in [6.07, 6.45) is 1.02. The maximum atomic E-state index is 12.0. The van der Waals surface area contributed by atoms with Crippen molar-refractivity contribution in [2.75, 3.05) is 13.2 Å². The van der Waals surface area contributed by atoms with E-state index in [1.807, 2.05) is 0 Å². The predicted molar refractivity (Wildman–Crippen MR) is 65.5 cm³/mol. The van der Waals surface area contributed by atoms with E-state index in [4.69, 9.17) is 4.74 Å². The fraction of sp³-hybridized carbons (Fsp3) is 0.846.